The van der Waals surface area contributed by atoms with Crippen LogP contribution in [0.5, 0.6) is 0 Å². The fourth-order valence-electron chi connectivity index (χ4n) is 4.89. The molecule has 41 heavy (non-hydrogen) atoms. The van der Waals surface area contributed by atoms with Crippen LogP contribution in [0.15, 0.2) is 42.4 Å². The van der Waals surface area contributed by atoms with Crippen LogP contribution in [-0.4, -0.2) is 33.0 Å². The highest BCUT2D eigenvalue weighted by Gasteiger charge is 2.54. The van der Waals surface area contributed by atoms with Gasteiger partial charge in [-0.05, 0) is 43.4 Å². The van der Waals surface area contributed by atoms with E-state index in [1.54, 1.807) is 36.5 Å². The largest absolute Gasteiger partial charge is 0.383 e. The standard InChI is InChI=1S/C30H32FN9O/c1-6-18-14-34-26-19(13-32)11-20(12-22(26)25(18)35-16-29(3,4)5)37-27(21-7-8-24(31)36-17(21)2)23-15-40(39-38-23)30(9-10-30)28(33)41/h1,7-8,11-12,14-15,27,37-39H,9-10,16H2,2-5H3,(H2,33,41)(H,34,35)/t27-/m0/s1. The summed E-state index contributed by atoms with van der Waals surface area (Å²) in [4.78, 5) is 20.7. The molecule has 0 bridgehead atoms. The van der Waals surface area contributed by atoms with Crippen molar-refractivity contribution in [3.8, 4) is 18.4 Å². The molecular formula is C30H32FN9O. The van der Waals surface area contributed by atoms with E-state index in [0.29, 0.717) is 69.7 Å². The van der Waals surface area contributed by atoms with E-state index in [-0.39, 0.29) is 5.41 Å². The van der Waals surface area contributed by atoms with Gasteiger partial charge in [-0.25, -0.2) is 4.98 Å². The molecule has 2 aromatic heterocycles. The molecule has 1 aliphatic carbocycles. The van der Waals surface area contributed by atoms with E-state index in [0.717, 1.165) is 0 Å². The Labute approximate surface area is 238 Å². The van der Waals surface area contributed by atoms with Crippen LogP contribution in [-0.2, 0) is 4.79 Å². The van der Waals surface area contributed by atoms with Gasteiger partial charge in [0.15, 0.2) is 0 Å². The maximum atomic E-state index is 14.0. The van der Waals surface area contributed by atoms with E-state index < -0.39 is 23.4 Å². The average Bonchev–Trinajstić information content (AvgIpc) is 3.60. The number of benzene rings is 1. The highest BCUT2D eigenvalue weighted by atomic mass is 19.1. The van der Waals surface area contributed by atoms with Crippen LogP contribution in [0, 0.1) is 42.0 Å². The van der Waals surface area contributed by atoms with E-state index in [9.17, 15) is 14.4 Å². The average molecular weight is 554 g/mol. The normalized spacial score (nSPS) is 16.3. The smallest absolute Gasteiger partial charge is 0.244 e. The number of nitrogens with two attached hydrogens (primary N) is 1. The fraction of sp³-hybridized carbons (Fsp3) is 0.333. The third-order valence-electron chi connectivity index (χ3n) is 7.30. The van der Waals surface area contributed by atoms with Crippen LogP contribution >= 0.6 is 0 Å². The third kappa shape index (κ3) is 5.32. The number of anilines is 2. The number of aromatic nitrogens is 2. The number of pyridine rings is 2. The minimum atomic E-state index is -0.808. The van der Waals surface area contributed by atoms with Gasteiger partial charge in [0.2, 0.25) is 11.9 Å². The summed E-state index contributed by atoms with van der Waals surface area (Å²) in [5, 5.41) is 19.4. The molecule has 3 heterocycles. The van der Waals surface area contributed by atoms with Gasteiger partial charge in [0.1, 0.15) is 11.6 Å². The van der Waals surface area contributed by atoms with Crippen LogP contribution in [0.4, 0.5) is 15.8 Å². The molecule has 10 nitrogen and oxygen atoms in total. The predicted octanol–water partition coefficient (Wildman–Crippen LogP) is 3.73. The van der Waals surface area contributed by atoms with Crippen LogP contribution in [0.25, 0.3) is 10.9 Å². The molecule has 1 aromatic carbocycles. The summed E-state index contributed by atoms with van der Waals surface area (Å²) in [5.74, 6) is 1.68. The second kappa shape index (κ2) is 10.3. The first-order valence-corrected chi connectivity index (χ1v) is 13.3. The highest BCUT2D eigenvalue weighted by Crippen LogP contribution is 2.43. The van der Waals surface area contributed by atoms with E-state index in [1.165, 1.54) is 6.07 Å². The molecule has 0 spiro atoms. The summed E-state index contributed by atoms with van der Waals surface area (Å²) in [5.41, 5.74) is 15.6. The summed E-state index contributed by atoms with van der Waals surface area (Å²) in [6.07, 6.45) is 10.4. The Morgan fingerprint density at radius 2 is 2.07 bits per heavy atom. The Balaban J connectivity index is 1.61. The number of halogens is 1. The molecule has 1 saturated carbocycles. The van der Waals surface area contributed by atoms with Gasteiger partial charge in [-0.3, -0.25) is 14.8 Å². The Kier molecular flexibility index (Phi) is 6.93. The molecule has 2 aliphatic rings. The molecule has 0 unspecified atom stereocenters. The number of amides is 1. The minimum Gasteiger partial charge on any atom is -0.383 e. The van der Waals surface area contributed by atoms with Crippen molar-refractivity contribution < 1.29 is 9.18 Å². The van der Waals surface area contributed by atoms with Gasteiger partial charge in [-0.1, -0.05) is 32.8 Å². The monoisotopic (exact) mass is 553 g/mol. The molecule has 6 N–H and O–H groups in total. The lowest BCUT2D eigenvalue weighted by Crippen LogP contribution is -2.51. The molecule has 0 saturated heterocycles. The molecule has 5 rings (SSSR count). The zero-order chi connectivity index (χ0) is 29.5. The van der Waals surface area contributed by atoms with Crippen molar-refractivity contribution >= 4 is 28.2 Å². The maximum Gasteiger partial charge on any atom is 0.244 e. The number of nitriles is 1. The first-order valence-electron chi connectivity index (χ1n) is 13.3. The number of terminal acetylenes is 1. The maximum absolute atomic E-state index is 14.0. The molecule has 1 fully saturated rings. The Hall–Kier alpha value is -4.87. The number of carbonyl (C=O) groups excluding carboxylic acids is 1. The summed E-state index contributed by atoms with van der Waals surface area (Å²) in [6.45, 7) is 8.70. The van der Waals surface area contributed by atoms with Gasteiger partial charge in [0.25, 0.3) is 0 Å². The van der Waals surface area contributed by atoms with Crippen molar-refractivity contribution in [3.63, 3.8) is 0 Å². The van der Waals surface area contributed by atoms with Gasteiger partial charge in [0.05, 0.1) is 34.1 Å². The second-order valence-electron chi connectivity index (χ2n) is 11.6. The molecule has 0 radical (unpaired) electrons. The van der Waals surface area contributed by atoms with Crippen molar-refractivity contribution in [1.82, 2.24) is 25.9 Å². The fourth-order valence-corrected chi connectivity index (χ4v) is 4.89. The van der Waals surface area contributed by atoms with E-state index in [1.807, 2.05) is 6.07 Å². The van der Waals surface area contributed by atoms with Crippen molar-refractivity contribution in [1.29, 1.82) is 5.26 Å². The summed E-state index contributed by atoms with van der Waals surface area (Å²) in [7, 11) is 0. The summed E-state index contributed by atoms with van der Waals surface area (Å²) >= 11 is 0. The first kappa shape index (κ1) is 27.7. The molecular weight excluding hydrogens is 521 g/mol. The second-order valence-corrected chi connectivity index (χ2v) is 11.6. The van der Waals surface area contributed by atoms with Crippen molar-refractivity contribution in [2.24, 2.45) is 11.1 Å². The highest BCUT2D eigenvalue weighted by molar-refractivity contribution is 5.99. The lowest BCUT2D eigenvalue weighted by atomic mass is 9.96. The van der Waals surface area contributed by atoms with Crippen LogP contribution in [0.3, 0.4) is 0 Å². The van der Waals surface area contributed by atoms with Crippen molar-refractivity contribution in [2.75, 3.05) is 17.2 Å². The van der Waals surface area contributed by atoms with Gasteiger partial charge < -0.3 is 21.8 Å². The zero-order valence-corrected chi connectivity index (χ0v) is 23.4. The van der Waals surface area contributed by atoms with Crippen LogP contribution in [0.2, 0.25) is 0 Å². The lowest BCUT2D eigenvalue weighted by Gasteiger charge is -2.24. The molecule has 1 atom stereocenters. The molecule has 210 valence electrons. The molecule has 11 heteroatoms. The SMILES string of the molecule is C#Cc1cnc2c(C#N)cc(N[C@H](C3=CN(C4(C(N)=O)CC4)NN3)c3ccc(F)nc3C)cc2c1NCC(C)(C)C. The van der Waals surface area contributed by atoms with E-state index in [4.69, 9.17) is 12.2 Å². The van der Waals surface area contributed by atoms with Gasteiger partial charge in [-0.2, -0.15) is 9.65 Å². The number of hydrogen-bond donors (Lipinski definition) is 5. The van der Waals surface area contributed by atoms with Crippen LogP contribution in [0.1, 0.15) is 62.0 Å². The number of hydrazine groups is 2. The predicted molar refractivity (Wildman–Crippen MR) is 155 cm³/mol. The Morgan fingerprint density at radius 3 is 2.68 bits per heavy atom. The zero-order valence-electron chi connectivity index (χ0n) is 23.4. The van der Waals surface area contributed by atoms with Gasteiger partial charge in [-0.15, -0.1) is 12.0 Å². The van der Waals surface area contributed by atoms with Crippen molar-refractivity contribution in [3.05, 3.63) is 70.7 Å². The van der Waals surface area contributed by atoms with Crippen LogP contribution < -0.4 is 27.3 Å². The number of nitrogens with one attached hydrogen (secondary N) is 4. The number of fused-ring (bicyclic) bond motifs is 1. The van der Waals surface area contributed by atoms with Gasteiger partial charge in [0, 0.05) is 41.3 Å². The quantitative estimate of drug-likeness (QED) is 0.208. The summed E-state index contributed by atoms with van der Waals surface area (Å²) < 4.78 is 14.0. The lowest BCUT2D eigenvalue weighted by molar-refractivity contribution is -0.124. The minimum absolute atomic E-state index is 0.0308. The molecule has 1 aliphatic heterocycles. The third-order valence-corrected chi connectivity index (χ3v) is 7.30. The molecule has 3 aromatic rings. The summed E-state index contributed by atoms with van der Waals surface area (Å²) in [6, 6.07) is 8.23. The number of carbonyl (C=O) groups is 1. The van der Waals surface area contributed by atoms with Gasteiger partial charge >= 0.3 is 0 Å². The number of nitrogens with zero attached hydrogens (tertiary/aromatic N) is 4. The Bertz CT molecular complexity index is 1660. The number of hydrogen-bond acceptors (Lipinski definition) is 9. The van der Waals surface area contributed by atoms with Crippen molar-refractivity contribution in [2.45, 2.75) is 52.1 Å². The molecule has 1 amide bonds. The Morgan fingerprint density at radius 1 is 1.32 bits per heavy atom. The van der Waals surface area contributed by atoms with E-state index in [2.05, 4.69) is 64.3 Å². The topological polar surface area (TPSA) is 144 Å². The van der Waals surface area contributed by atoms with E-state index >= 15 is 0 Å². The number of aryl methyl sites for hydroxylation is 1. The first-order chi connectivity index (χ1) is 19.5. The number of rotatable bonds is 8. The number of primary amides is 1.